The van der Waals surface area contributed by atoms with Gasteiger partial charge < -0.3 is 5.32 Å². The van der Waals surface area contributed by atoms with E-state index in [9.17, 15) is 4.79 Å². The number of ketones is 1. The second-order valence-electron chi connectivity index (χ2n) is 2.16. The summed E-state index contributed by atoms with van der Waals surface area (Å²) in [5.41, 5.74) is 0. The molecule has 0 rings (SSSR count). The van der Waals surface area contributed by atoms with Gasteiger partial charge in [0.15, 0.2) is 0 Å². The predicted molar refractivity (Wildman–Crippen MR) is 61.9 cm³/mol. The first-order valence-corrected chi connectivity index (χ1v) is 12.2. The van der Waals surface area contributed by atoms with E-state index in [1.165, 1.54) is 0 Å². The third-order valence-corrected chi connectivity index (χ3v) is 1.09. The Morgan fingerprint density at radius 3 is 2.09 bits per heavy atom. The molecule has 0 spiro atoms. The van der Waals surface area contributed by atoms with Gasteiger partial charge in [-0.25, -0.2) is 0 Å². The molecule has 0 aromatic heterocycles. The van der Waals surface area contributed by atoms with Crippen LogP contribution in [-0.2, 0) is 14.3 Å². The van der Waals surface area contributed by atoms with E-state index in [4.69, 9.17) is 0 Å². The number of carbonyl (C=O) groups excluding carboxylic acids is 1. The molecule has 0 saturated heterocycles. The zero-order chi connectivity index (χ0) is 9.28. The van der Waals surface area contributed by atoms with Crippen molar-refractivity contribution >= 4 is 45.7 Å². The third-order valence-electron chi connectivity index (χ3n) is 1.09. The Morgan fingerprint density at radius 1 is 1.64 bits per heavy atom. The molecule has 0 aliphatic heterocycles. The van der Waals surface area contributed by atoms with Crippen LogP contribution in [0.4, 0.5) is 0 Å². The van der Waals surface area contributed by atoms with Gasteiger partial charge in [-0.05, 0) is 20.9 Å². The molecule has 1 atom stereocenters. The van der Waals surface area contributed by atoms with E-state index in [1.807, 2.05) is 14.0 Å². The first kappa shape index (κ1) is 15.2. The van der Waals surface area contributed by atoms with Crippen LogP contribution in [0.5, 0.6) is 0 Å². The summed E-state index contributed by atoms with van der Waals surface area (Å²) in [5, 5.41) is 2.98. The fourth-order valence-corrected chi connectivity index (χ4v) is 0.533. The first-order chi connectivity index (χ1) is 5.08. The van der Waals surface area contributed by atoms with E-state index in [0.29, 0.717) is 21.9 Å². The molecule has 0 bridgehead atoms. The van der Waals surface area contributed by atoms with Crippen molar-refractivity contribution in [3.63, 3.8) is 0 Å². The van der Waals surface area contributed by atoms with Crippen LogP contribution in [-0.4, -0.2) is 18.9 Å². The number of rotatable bonds is 3. The first-order valence-electron chi connectivity index (χ1n) is 3.17. The van der Waals surface area contributed by atoms with E-state index in [-0.39, 0.29) is 5.78 Å². The third kappa shape index (κ3) is 18.6. The average molecular weight is 420 g/mol. The standard InChI is InChI=1S/C6H13NO.2HI.V/c1-5(7-3)4-6(2)8;;;/h5,7H,4H2,1-3H3;2*1H;/q;;;+2/p-2. The van der Waals surface area contributed by atoms with Crippen molar-refractivity contribution in [3.8, 4) is 0 Å². The Morgan fingerprint density at radius 2 is 2.00 bits per heavy atom. The molecule has 11 heavy (non-hydrogen) atoms. The summed E-state index contributed by atoms with van der Waals surface area (Å²) in [7, 11) is 2.48. The summed E-state index contributed by atoms with van der Waals surface area (Å²) >= 11 is 4.74. The normalized spacial score (nSPS) is 11.0. The molecular formula is C6H13I2NOV. The van der Waals surface area contributed by atoms with Gasteiger partial charge in [-0.15, -0.1) is 0 Å². The van der Waals surface area contributed by atoms with Gasteiger partial charge in [0.05, 0.1) is 0 Å². The Bertz CT molecular complexity index is 103. The van der Waals surface area contributed by atoms with Crippen LogP contribution in [0.25, 0.3) is 0 Å². The zero-order valence-electron chi connectivity index (χ0n) is 6.90. The molecule has 0 aliphatic rings. The molecule has 0 aliphatic carbocycles. The predicted octanol–water partition coefficient (Wildman–Crippen LogP) is 2.34. The van der Waals surface area contributed by atoms with Gasteiger partial charge in [-0.2, -0.15) is 0 Å². The van der Waals surface area contributed by atoms with E-state index in [1.54, 1.807) is 6.92 Å². The molecule has 0 heterocycles. The molecule has 1 N–H and O–H groups in total. The van der Waals surface area contributed by atoms with Gasteiger partial charge in [0.25, 0.3) is 0 Å². The van der Waals surface area contributed by atoms with Crippen molar-refractivity contribution < 1.29 is 14.3 Å². The second kappa shape index (κ2) is 11.7. The molecule has 0 radical (unpaired) electrons. The quantitative estimate of drug-likeness (QED) is 0.711. The van der Waals surface area contributed by atoms with Crippen LogP contribution in [0.3, 0.4) is 0 Å². The van der Waals surface area contributed by atoms with E-state index >= 15 is 0 Å². The van der Waals surface area contributed by atoms with Crippen LogP contribution >= 0.6 is 40.0 Å². The van der Waals surface area contributed by atoms with Crippen molar-refractivity contribution in [2.75, 3.05) is 7.05 Å². The maximum absolute atomic E-state index is 10.4. The van der Waals surface area contributed by atoms with Gasteiger partial charge in [-0.1, -0.05) is 0 Å². The summed E-state index contributed by atoms with van der Waals surface area (Å²) in [6.07, 6.45) is 0.635. The Balaban J connectivity index is 0. The van der Waals surface area contributed by atoms with Gasteiger partial charge >= 0.3 is 49.4 Å². The monoisotopic (exact) mass is 420 g/mol. The molecule has 0 saturated carbocycles. The van der Waals surface area contributed by atoms with Crippen molar-refractivity contribution in [1.29, 1.82) is 0 Å². The molecule has 0 amide bonds. The fourth-order valence-electron chi connectivity index (χ4n) is 0.533. The molecule has 0 aromatic rings. The van der Waals surface area contributed by atoms with E-state index in [2.05, 4.69) is 45.3 Å². The summed E-state index contributed by atoms with van der Waals surface area (Å²) in [6.45, 7) is 3.59. The molecular weight excluding hydrogens is 407 g/mol. The van der Waals surface area contributed by atoms with Crippen molar-refractivity contribution in [1.82, 2.24) is 5.32 Å². The number of carbonyl (C=O) groups is 1. The van der Waals surface area contributed by atoms with Crippen molar-refractivity contribution in [3.05, 3.63) is 0 Å². The minimum absolute atomic E-state index is 0.242. The second-order valence-corrected chi connectivity index (χ2v) is 13.9. The Labute approximate surface area is 97.5 Å². The number of nitrogens with one attached hydrogen (secondary N) is 1. The van der Waals surface area contributed by atoms with E-state index in [0.717, 1.165) is 0 Å². The van der Waals surface area contributed by atoms with Crippen molar-refractivity contribution in [2.45, 2.75) is 26.3 Å². The molecule has 67 valence electrons. The van der Waals surface area contributed by atoms with Crippen molar-refractivity contribution in [2.24, 2.45) is 0 Å². The maximum atomic E-state index is 10.4. The summed E-state index contributed by atoms with van der Waals surface area (Å²) in [5.74, 6) is 0.242. The Hall–Kier alpha value is 1.67. The molecule has 1 unspecified atom stereocenters. The van der Waals surface area contributed by atoms with Crippen LogP contribution in [0.15, 0.2) is 0 Å². The summed E-state index contributed by atoms with van der Waals surface area (Å²) in [6, 6.07) is 0.326. The molecule has 5 heteroatoms. The SMILES string of the molecule is CNC(C)CC(C)=O.[I][V][I]. The minimum atomic E-state index is 0.242. The number of Topliss-reactive ketones (excluding diaryl/α,β-unsaturated/α-hetero) is 1. The van der Waals surface area contributed by atoms with Crippen LogP contribution < -0.4 is 5.32 Å². The molecule has 0 aromatic carbocycles. The summed E-state index contributed by atoms with van der Waals surface area (Å²) in [4.78, 5) is 10.4. The fraction of sp³-hybridized carbons (Fsp3) is 0.833. The van der Waals surface area contributed by atoms with E-state index < -0.39 is 0 Å². The summed E-state index contributed by atoms with van der Waals surface area (Å²) < 4.78 is 0. The van der Waals surface area contributed by atoms with Crippen LogP contribution in [0.1, 0.15) is 20.3 Å². The Kier molecular flexibility index (Phi) is 16.1. The topological polar surface area (TPSA) is 29.1 Å². The molecule has 2 nitrogen and oxygen atoms in total. The van der Waals surface area contributed by atoms with Gasteiger partial charge in [0.2, 0.25) is 0 Å². The number of halogens is 2. The zero-order valence-corrected chi connectivity index (χ0v) is 12.6. The van der Waals surface area contributed by atoms with Gasteiger partial charge in [0, 0.05) is 12.5 Å². The van der Waals surface area contributed by atoms with Crippen LogP contribution in [0, 0.1) is 0 Å². The van der Waals surface area contributed by atoms with Gasteiger partial charge in [0.1, 0.15) is 5.78 Å². The van der Waals surface area contributed by atoms with Crippen LogP contribution in [0.2, 0.25) is 0 Å². The number of hydrogen-bond donors (Lipinski definition) is 1. The molecule has 0 fully saturated rings. The number of hydrogen-bond acceptors (Lipinski definition) is 2. The average Bonchev–Trinajstić information content (AvgIpc) is 1.88. The van der Waals surface area contributed by atoms with Gasteiger partial charge in [-0.3, -0.25) is 4.79 Å².